The molecule has 0 aromatic heterocycles. The highest BCUT2D eigenvalue weighted by molar-refractivity contribution is 8.00. The summed E-state index contributed by atoms with van der Waals surface area (Å²) in [7, 11) is 0. The van der Waals surface area contributed by atoms with Gasteiger partial charge >= 0.3 is 0 Å². The van der Waals surface area contributed by atoms with Crippen molar-refractivity contribution in [3.8, 4) is 0 Å². The third-order valence-electron chi connectivity index (χ3n) is 2.79. The molecule has 2 nitrogen and oxygen atoms in total. The van der Waals surface area contributed by atoms with E-state index in [4.69, 9.17) is 0 Å². The molecule has 0 unspecified atom stereocenters. The van der Waals surface area contributed by atoms with Gasteiger partial charge in [0.1, 0.15) is 0 Å². The topological polar surface area (TPSA) is 23.5 Å². The largest absolute Gasteiger partial charge is 0.391 e. The molecule has 1 heterocycles. The summed E-state index contributed by atoms with van der Waals surface area (Å²) in [5, 5.41) is 10.2. The van der Waals surface area contributed by atoms with E-state index in [9.17, 15) is 5.11 Å². The normalized spacial score (nSPS) is 27.1. The van der Waals surface area contributed by atoms with Gasteiger partial charge in [0.15, 0.2) is 0 Å². The molecular weight excluding hydrogens is 206 g/mol. The molecule has 2 atom stereocenters. The van der Waals surface area contributed by atoms with Gasteiger partial charge in [-0.3, -0.25) is 4.90 Å². The van der Waals surface area contributed by atoms with Crippen LogP contribution in [0.4, 0.5) is 0 Å². The standard InChI is InChI=1S/C12H17NOS/c1-2-13-8-11(14)12(9-13)15-10-6-4-3-5-7-10/h3-7,11-12,14H,2,8-9H2,1H3/t11-,12-/m1/s1. The van der Waals surface area contributed by atoms with Crippen molar-refractivity contribution < 1.29 is 5.11 Å². The van der Waals surface area contributed by atoms with E-state index >= 15 is 0 Å². The number of thioether (sulfide) groups is 1. The Morgan fingerprint density at radius 3 is 2.67 bits per heavy atom. The molecule has 0 saturated carbocycles. The molecule has 0 aliphatic carbocycles. The first kappa shape index (κ1) is 11.0. The molecule has 2 rings (SSSR count). The number of nitrogens with zero attached hydrogens (tertiary/aromatic N) is 1. The van der Waals surface area contributed by atoms with Gasteiger partial charge in [-0.05, 0) is 18.7 Å². The van der Waals surface area contributed by atoms with E-state index in [1.165, 1.54) is 4.90 Å². The van der Waals surface area contributed by atoms with Crippen molar-refractivity contribution in [2.45, 2.75) is 23.2 Å². The van der Waals surface area contributed by atoms with Crippen molar-refractivity contribution in [3.05, 3.63) is 30.3 Å². The van der Waals surface area contributed by atoms with Crippen LogP contribution in [-0.4, -0.2) is 41.0 Å². The third kappa shape index (κ3) is 2.74. The second-order valence-electron chi connectivity index (χ2n) is 3.89. The van der Waals surface area contributed by atoms with Crippen LogP contribution < -0.4 is 0 Å². The fraction of sp³-hybridized carbons (Fsp3) is 0.500. The lowest BCUT2D eigenvalue weighted by atomic mass is 10.3. The Morgan fingerprint density at radius 1 is 1.33 bits per heavy atom. The van der Waals surface area contributed by atoms with Crippen LogP contribution in [0.15, 0.2) is 35.2 Å². The summed E-state index contributed by atoms with van der Waals surface area (Å²) in [6.45, 7) is 4.99. The summed E-state index contributed by atoms with van der Waals surface area (Å²) in [5.41, 5.74) is 0. The molecule has 15 heavy (non-hydrogen) atoms. The number of rotatable bonds is 3. The van der Waals surface area contributed by atoms with E-state index in [1.807, 2.05) is 18.2 Å². The van der Waals surface area contributed by atoms with Crippen molar-refractivity contribution >= 4 is 11.8 Å². The maximum Gasteiger partial charge on any atom is 0.0801 e. The highest BCUT2D eigenvalue weighted by Gasteiger charge is 2.30. The Morgan fingerprint density at radius 2 is 2.07 bits per heavy atom. The van der Waals surface area contributed by atoms with E-state index < -0.39 is 0 Å². The lowest BCUT2D eigenvalue weighted by Crippen LogP contribution is -2.21. The van der Waals surface area contributed by atoms with Crippen molar-refractivity contribution in [1.29, 1.82) is 0 Å². The first-order valence-electron chi connectivity index (χ1n) is 5.41. The molecule has 3 heteroatoms. The third-order valence-corrected chi connectivity index (χ3v) is 4.10. The molecule has 1 N–H and O–H groups in total. The zero-order valence-corrected chi connectivity index (χ0v) is 9.78. The van der Waals surface area contributed by atoms with E-state index in [0.29, 0.717) is 5.25 Å². The number of aliphatic hydroxyl groups excluding tert-OH is 1. The number of likely N-dealkylation sites (N-methyl/N-ethyl adjacent to an activating group) is 1. The van der Waals surface area contributed by atoms with Gasteiger partial charge in [-0.25, -0.2) is 0 Å². The fourth-order valence-corrected chi connectivity index (χ4v) is 3.07. The van der Waals surface area contributed by atoms with Crippen LogP contribution in [0, 0.1) is 0 Å². The Kier molecular flexibility index (Phi) is 3.67. The molecule has 0 bridgehead atoms. The first-order chi connectivity index (χ1) is 7.29. The molecule has 1 aromatic rings. The Labute approximate surface area is 95.3 Å². The molecule has 0 spiro atoms. The minimum absolute atomic E-state index is 0.185. The summed E-state index contributed by atoms with van der Waals surface area (Å²) in [6, 6.07) is 10.3. The molecule has 0 radical (unpaired) electrons. The van der Waals surface area contributed by atoms with Gasteiger partial charge < -0.3 is 5.11 Å². The Balaban J connectivity index is 1.96. The second kappa shape index (κ2) is 5.01. The molecule has 1 saturated heterocycles. The van der Waals surface area contributed by atoms with Gasteiger partial charge in [0, 0.05) is 23.2 Å². The number of likely N-dealkylation sites (tertiary alicyclic amines) is 1. The van der Waals surface area contributed by atoms with E-state index in [1.54, 1.807) is 11.8 Å². The Bertz CT molecular complexity index is 304. The van der Waals surface area contributed by atoms with Crippen LogP contribution in [0.5, 0.6) is 0 Å². The van der Waals surface area contributed by atoms with Crippen LogP contribution in [0.1, 0.15) is 6.92 Å². The molecule has 1 aliphatic rings. The number of hydrogen-bond acceptors (Lipinski definition) is 3. The van der Waals surface area contributed by atoms with E-state index in [2.05, 4.69) is 24.0 Å². The SMILES string of the molecule is CCN1C[C@@H](O)[C@H](Sc2ccccc2)C1. The van der Waals surface area contributed by atoms with Crippen molar-refractivity contribution in [2.75, 3.05) is 19.6 Å². The van der Waals surface area contributed by atoms with Gasteiger partial charge in [-0.15, -0.1) is 11.8 Å². The van der Waals surface area contributed by atoms with E-state index in [-0.39, 0.29) is 6.10 Å². The molecular formula is C12H17NOS. The highest BCUT2D eigenvalue weighted by atomic mass is 32.2. The zero-order valence-electron chi connectivity index (χ0n) is 8.97. The van der Waals surface area contributed by atoms with Crippen LogP contribution in [0.25, 0.3) is 0 Å². The predicted molar refractivity (Wildman–Crippen MR) is 64.2 cm³/mol. The Hall–Kier alpha value is -0.510. The summed E-state index contributed by atoms with van der Waals surface area (Å²) in [5.74, 6) is 0. The maximum atomic E-state index is 9.89. The van der Waals surface area contributed by atoms with E-state index in [0.717, 1.165) is 19.6 Å². The average molecular weight is 223 g/mol. The number of β-amino-alcohol motifs (C(OH)–C–C–N with tert-alkyl or cyclic N) is 1. The second-order valence-corrected chi connectivity index (χ2v) is 5.20. The van der Waals surface area contributed by atoms with Crippen LogP contribution in [-0.2, 0) is 0 Å². The lowest BCUT2D eigenvalue weighted by Gasteiger charge is -2.13. The first-order valence-corrected chi connectivity index (χ1v) is 6.29. The monoisotopic (exact) mass is 223 g/mol. The fourth-order valence-electron chi connectivity index (χ4n) is 1.88. The summed E-state index contributed by atoms with van der Waals surface area (Å²) < 4.78 is 0. The smallest absolute Gasteiger partial charge is 0.0801 e. The van der Waals surface area contributed by atoms with Gasteiger partial charge in [0.2, 0.25) is 0 Å². The quantitative estimate of drug-likeness (QED) is 0.846. The molecule has 1 fully saturated rings. The van der Waals surface area contributed by atoms with Crippen molar-refractivity contribution in [1.82, 2.24) is 4.90 Å². The van der Waals surface area contributed by atoms with Gasteiger partial charge in [-0.2, -0.15) is 0 Å². The molecule has 82 valence electrons. The number of aliphatic hydroxyl groups is 1. The van der Waals surface area contributed by atoms with Gasteiger partial charge in [-0.1, -0.05) is 25.1 Å². The molecule has 1 aliphatic heterocycles. The predicted octanol–water partition coefficient (Wildman–Crippen LogP) is 1.84. The van der Waals surface area contributed by atoms with Crippen LogP contribution in [0.2, 0.25) is 0 Å². The summed E-state index contributed by atoms with van der Waals surface area (Å²) in [4.78, 5) is 3.55. The lowest BCUT2D eigenvalue weighted by molar-refractivity contribution is 0.181. The minimum atomic E-state index is -0.185. The van der Waals surface area contributed by atoms with Crippen molar-refractivity contribution in [2.24, 2.45) is 0 Å². The molecule has 0 amide bonds. The summed E-state index contributed by atoms with van der Waals surface area (Å²) >= 11 is 1.79. The number of benzene rings is 1. The zero-order chi connectivity index (χ0) is 10.7. The van der Waals surface area contributed by atoms with Crippen LogP contribution in [0.3, 0.4) is 0 Å². The van der Waals surface area contributed by atoms with Gasteiger partial charge in [0.05, 0.1) is 6.10 Å². The highest BCUT2D eigenvalue weighted by Crippen LogP contribution is 2.29. The van der Waals surface area contributed by atoms with Crippen molar-refractivity contribution in [3.63, 3.8) is 0 Å². The maximum absolute atomic E-state index is 9.89. The van der Waals surface area contributed by atoms with Gasteiger partial charge in [0.25, 0.3) is 0 Å². The molecule has 1 aromatic carbocycles. The number of hydrogen-bond donors (Lipinski definition) is 1. The summed E-state index contributed by atoms with van der Waals surface area (Å²) in [6.07, 6.45) is -0.185. The average Bonchev–Trinajstić information content (AvgIpc) is 2.61. The minimum Gasteiger partial charge on any atom is -0.391 e. The van der Waals surface area contributed by atoms with Crippen LogP contribution >= 0.6 is 11.8 Å².